The zero-order valence-electron chi connectivity index (χ0n) is 8.55. The summed E-state index contributed by atoms with van der Waals surface area (Å²) in [6.07, 6.45) is -2.52. The van der Waals surface area contributed by atoms with Crippen LogP contribution in [0.2, 0.25) is 0 Å². The standard InChI is InChI=1S/C12H11F3O/c13-12(14,15)10-4-1-8(2-5-10)9-3-6-11(16)7-9/h1-2,4-5,9H,3,6-7H2. The summed E-state index contributed by atoms with van der Waals surface area (Å²) in [6, 6.07) is 5.12. The third kappa shape index (κ3) is 2.26. The average molecular weight is 228 g/mol. The highest BCUT2D eigenvalue weighted by molar-refractivity contribution is 5.81. The monoisotopic (exact) mass is 228 g/mol. The van der Waals surface area contributed by atoms with Crippen LogP contribution in [-0.2, 0) is 11.0 Å². The molecule has 1 atom stereocenters. The molecule has 0 heterocycles. The van der Waals surface area contributed by atoms with Gasteiger partial charge in [-0.05, 0) is 30.0 Å². The van der Waals surface area contributed by atoms with Gasteiger partial charge < -0.3 is 0 Å². The maximum Gasteiger partial charge on any atom is 0.416 e. The molecule has 0 aliphatic heterocycles. The van der Waals surface area contributed by atoms with Gasteiger partial charge in [0.25, 0.3) is 0 Å². The van der Waals surface area contributed by atoms with Crippen LogP contribution >= 0.6 is 0 Å². The predicted octanol–water partition coefficient (Wildman–Crippen LogP) is 3.54. The van der Waals surface area contributed by atoms with E-state index in [1.54, 1.807) is 0 Å². The molecule has 0 aromatic heterocycles. The van der Waals surface area contributed by atoms with E-state index in [-0.39, 0.29) is 11.7 Å². The summed E-state index contributed by atoms with van der Waals surface area (Å²) in [5, 5.41) is 0. The molecule has 1 fully saturated rings. The van der Waals surface area contributed by atoms with Gasteiger partial charge in [-0.2, -0.15) is 13.2 Å². The van der Waals surface area contributed by atoms with Crippen LogP contribution in [-0.4, -0.2) is 5.78 Å². The molecule has 1 saturated carbocycles. The van der Waals surface area contributed by atoms with Gasteiger partial charge in [0.2, 0.25) is 0 Å². The average Bonchev–Trinajstić information content (AvgIpc) is 2.64. The van der Waals surface area contributed by atoms with Crippen LogP contribution in [0.1, 0.15) is 36.3 Å². The van der Waals surface area contributed by atoms with Crippen LogP contribution < -0.4 is 0 Å². The Hall–Kier alpha value is -1.32. The molecule has 0 radical (unpaired) electrons. The molecule has 0 amide bonds. The second-order valence-corrected chi connectivity index (χ2v) is 4.10. The lowest BCUT2D eigenvalue weighted by atomic mass is 9.96. The minimum atomic E-state index is -4.29. The van der Waals surface area contributed by atoms with Crippen LogP contribution in [0.25, 0.3) is 0 Å². The van der Waals surface area contributed by atoms with E-state index in [4.69, 9.17) is 0 Å². The van der Waals surface area contributed by atoms with E-state index >= 15 is 0 Å². The molecule has 0 N–H and O–H groups in total. The Morgan fingerprint density at radius 2 is 1.75 bits per heavy atom. The van der Waals surface area contributed by atoms with Crippen molar-refractivity contribution in [1.82, 2.24) is 0 Å². The fraction of sp³-hybridized carbons (Fsp3) is 0.417. The van der Waals surface area contributed by atoms with Gasteiger partial charge in [-0.25, -0.2) is 0 Å². The van der Waals surface area contributed by atoms with E-state index in [9.17, 15) is 18.0 Å². The lowest BCUT2D eigenvalue weighted by Crippen LogP contribution is -2.05. The molecule has 0 bridgehead atoms. The van der Waals surface area contributed by atoms with Crippen molar-refractivity contribution in [3.63, 3.8) is 0 Å². The summed E-state index contributed by atoms with van der Waals surface area (Å²) in [5.74, 6) is 0.305. The molecule has 0 saturated heterocycles. The van der Waals surface area contributed by atoms with Crippen LogP contribution in [0.4, 0.5) is 13.2 Å². The summed E-state index contributed by atoms with van der Waals surface area (Å²) in [5.41, 5.74) is 0.194. The van der Waals surface area contributed by atoms with Crippen LogP contribution in [0.3, 0.4) is 0 Å². The maximum absolute atomic E-state index is 12.3. The van der Waals surface area contributed by atoms with Crippen LogP contribution in [0, 0.1) is 0 Å². The largest absolute Gasteiger partial charge is 0.416 e. The SMILES string of the molecule is O=C1CCC(c2ccc(C(F)(F)F)cc2)C1. The fourth-order valence-electron chi connectivity index (χ4n) is 2.04. The highest BCUT2D eigenvalue weighted by Gasteiger charge is 2.30. The highest BCUT2D eigenvalue weighted by Crippen LogP contribution is 2.34. The first-order valence-electron chi connectivity index (χ1n) is 5.15. The van der Waals surface area contributed by atoms with E-state index in [1.165, 1.54) is 12.1 Å². The molecule has 1 unspecified atom stereocenters. The van der Waals surface area contributed by atoms with Crippen LogP contribution in [0.15, 0.2) is 24.3 Å². The zero-order chi connectivity index (χ0) is 11.8. The molecule has 1 nitrogen and oxygen atoms in total. The Kier molecular flexibility index (Phi) is 2.74. The molecule has 0 spiro atoms. The molecule has 1 aliphatic carbocycles. The minimum absolute atomic E-state index is 0.106. The first kappa shape index (κ1) is 11.2. The van der Waals surface area contributed by atoms with E-state index in [2.05, 4.69) is 0 Å². The van der Waals surface area contributed by atoms with Crippen molar-refractivity contribution >= 4 is 5.78 Å². The Bertz CT molecular complexity index is 392. The van der Waals surface area contributed by atoms with Crippen molar-refractivity contribution in [3.8, 4) is 0 Å². The van der Waals surface area contributed by atoms with Gasteiger partial charge >= 0.3 is 6.18 Å². The normalized spacial score (nSPS) is 21.4. The second kappa shape index (κ2) is 3.92. The molecular formula is C12H11F3O. The van der Waals surface area contributed by atoms with E-state index in [0.717, 1.165) is 24.1 Å². The quantitative estimate of drug-likeness (QED) is 0.718. The molecule has 4 heteroatoms. The molecule has 2 rings (SSSR count). The van der Waals surface area contributed by atoms with Crippen molar-refractivity contribution in [1.29, 1.82) is 0 Å². The number of ketones is 1. The third-order valence-corrected chi connectivity index (χ3v) is 2.96. The fourth-order valence-corrected chi connectivity index (χ4v) is 2.04. The number of alkyl halides is 3. The van der Waals surface area contributed by atoms with E-state index in [1.807, 2.05) is 0 Å². The molecule has 1 aromatic carbocycles. The second-order valence-electron chi connectivity index (χ2n) is 4.10. The van der Waals surface area contributed by atoms with Gasteiger partial charge in [0.15, 0.2) is 0 Å². The van der Waals surface area contributed by atoms with Gasteiger partial charge in [-0.15, -0.1) is 0 Å². The van der Waals surface area contributed by atoms with Gasteiger partial charge in [0.05, 0.1) is 5.56 Å². The Morgan fingerprint density at radius 3 is 2.19 bits per heavy atom. The Morgan fingerprint density at radius 1 is 1.12 bits per heavy atom. The summed E-state index contributed by atoms with van der Waals surface area (Å²) in [7, 11) is 0. The van der Waals surface area contributed by atoms with Crippen molar-refractivity contribution in [3.05, 3.63) is 35.4 Å². The molecule has 16 heavy (non-hydrogen) atoms. The molecular weight excluding hydrogens is 217 g/mol. The van der Waals surface area contributed by atoms with Crippen molar-refractivity contribution in [2.75, 3.05) is 0 Å². The summed E-state index contributed by atoms with van der Waals surface area (Å²) in [6.45, 7) is 0. The molecule has 86 valence electrons. The van der Waals surface area contributed by atoms with Crippen molar-refractivity contribution in [2.24, 2.45) is 0 Å². The molecule has 1 aliphatic rings. The van der Waals surface area contributed by atoms with Gasteiger partial charge in [-0.1, -0.05) is 12.1 Å². The summed E-state index contributed by atoms with van der Waals surface area (Å²) < 4.78 is 36.9. The number of hydrogen-bond acceptors (Lipinski definition) is 1. The molecule has 1 aromatic rings. The zero-order valence-corrected chi connectivity index (χ0v) is 8.55. The lowest BCUT2D eigenvalue weighted by Gasteiger charge is -2.11. The lowest BCUT2D eigenvalue weighted by molar-refractivity contribution is -0.137. The van der Waals surface area contributed by atoms with E-state index < -0.39 is 11.7 Å². The predicted molar refractivity (Wildman–Crippen MR) is 53.0 cm³/mol. The number of hydrogen-bond donors (Lipinski definition) is 0. The minimum Gasteiger partial charge on any atom is -0.300 e. The van der Waals surface area contributed by atoms with E-state index in [0.29, 0.717) is 12.8 Å². The van der Waals surface area contributed by atoms with Gasteiger partial charge in [0.1, 0.15) is 5.78 Å². The topological polar surface area (TPSA) is 17.1 Å². The third-order valence-electron chi connectivity index (χ3n) is 2.96. The van der Waals surface area contributed by atoms with Gasteiger partial charge in [0, 0.05) is 12.8 Å². The Labute approximate surface area is 91.3 Å². The number of carbonyl (C=O) groups is 1. The van der Waals surface area contributed by atoms with Crippen molar-refractivity contribution < 1.29 is 18.0 Å². The smallest absolute Gasteiger partial charge is 0.300 e. The van der Waals surface area contributed by atoms with Gasteiger partial charge in [-0.3, -0.25) is 4.79 Å². The Balaban J connectivity index is 2.17. The summed E-state index contributed by atoms with van der Waals surface area (Å²) >= 11 is 0. The first-order valence-corrected chi connectivity index (χ1v) is 5.15. The number of carbonyl (C=O) groups excluding carboxylic acids is 1. The maximum atomic E-state index is 12.3. The number of rotatable bonds is 1. The number of benzene rings is 1. The van der Waals surface area contributed by atoms with Crippen molar-refractivity contribution in [2.45, 2.75) is 31.4 Å². The number of halogens is 3. The number of Topliss-reactive ketones (excluding diaryl/α,β-unsaturated/α-hetero) is 1. The summed E-state index contributed by atoms with van der Waals surface area (Å²) in [4.78, 5) is 11.1. The first-order chi connectivity index (χ1) is 7.47. The highest BCUT2D eigenvalue weighted by atomic mass is 19.4. The van der Waals surface area contributed by atoms with Crippen LogP contribution in [0.5, 0.6) is 0 Å².